The summed E-state index contributed by atoms with van der Waals surface area (Å²) in [5.74, 6) is -0.555. The highest BCUT2D eigenvalue weighted by Gasteiger charge is 2.34. The molecule has 0 radical (unpaired) electrons. The minimum Gasteiger partial charge on any atom is -0.378 e. The fourth-order valence-corrected chi connectivity index (χ4v) is 2.22. The van der Waals surface area contributed by atoms with Crippen molar-refractivity contribution in [3.05, 3.63) is 30.3 Å². The summed E-state index contributed by atoms with van der Waals surface area (Å²) in [6.45, 7) is -0.703. The van der Waals surface area contributed by atoms with Gasteiger partial charge < -0.3 is 9.64 Å². The molecule has 3 nitrogen and oxygen atoms in total. The van der Waals surface area contributed by atoms with E-state index in [0.29, 0.717) is 6.61 Å². The summed E-state index contributed by atoms with van der Waals surface area (Å²) in [6.07, 6.45) is -3.13. The highest BCUT2D eigenvalue weighted by molar-refractivity contribution is 5.93. The molecule has 0 aliphatic carbocycles. The van der Waals surface area contributed by atoms with Crippen molar-refractivity contribution in [1.82, 2.24) is 0 Å². The first-order valence-corrected chi connectivity index (χ1v) is 6.49. The predicted octanol–water partition coefficient (Wildman–Crippen LogP) is 3.15. The third kappa shape index (κ3) is 4.23. The van der Waals surface area contributed by atoms with Gasteiger partial charge in [0.1, 0.15) is 6.54 Å². The van der Waals surface area contributed by atoms with Crippen molar-refractivity contribution in [3.63, 3.8) is 0 Å². The van der Waals surface area contributed by atoms with Crippen LogP contribution in [-0.4, -0.2) is 31.3 Å². The second kappa shape index (κ2) is 6.26. The molecule has 20 heavy (non-hydrogen) atoms. The first-order valence-electron chi connectivity index (χ1n) is 6.49. The van der Waals surface area contributed by atoms with Gasteiger partial charge in [-0.1, -0.05) is 18.2 Å². The second-order valence-electron chi connectivity index (χ2n) is 4.77. The van der Waals surface area contributed by atoms with E-state index in [9.17, 15) is 18.0 Å². The maximum absolute atomic E-state index is 12.6. The Kier molecular flexibility index (Phi) is 4.65. The van der Waals surface area contributed by atoms with Crippen molar-refractivity contribution >= 4 is 11.6 Å². The Bertz CT molecular complexity index is 441. The normalized spacial score (nSPS) is 19.1. The largest absolute Gasteiger partial charge is 0.406 e. The third-order valence-corrected chi connectivity index (χ3v) is 3.13. The number of nitrogens with zero attached hydrogens (tertiary/aromatic N) is 1. The number of carbonyl (C=O) groups excluding carboxylic acids is 1. The number of anilines is 1. The van der Waals surface area contributed by atoms with E-state index in [0.717, 1.165) is 17.7 Å². The lowest BCUT2D eigenvalue weighted by molar-refractivity contribution is -0.133. The SMILES string of the molecule is O=C(C[C@@H]1CCCO1)N(CC(F)(F)F)c1ccccc1. The molecule has 1 heterocycles. The molecule has 1 aliphatic rings. The number of benzene rings is 1. The van der Waals surface area contributed by atoms with Crippen LogP contribution >= 0.6 is 0 Å². The van der Waals surface area contributed by atoms with Crippen LogP contribution in [0.4, 0.5) is 18.9 Å². The smallest absolute Gasteiger partial charge is 0.378 e. The number of halogens is 3. The van der Waals surface area contributed by atoms with Crippen molar-refractivity contribution < 1.29 is 22.7 Å². The van der Waals surface area contributed by atoms with Gasteiger partial charge in [-0.2, -0.15) is 13.2 Å². The van der Waals surface area contributed by atoms with Crippen LogP contribution < -0.4 is 4.90 Å². The molecule has 0 aromatic heterocycles. The van der Waals surface area contributed by atoms with E-state index in [1.54, 1.807) is 18.2 Å². The molecule has 0 bridgehead atoms. The van der Waals surface area contributed by atoms with Crippen molar-refractivity contribution in [2.75, 3.05) is 18.1 Å². The van der Waals surface area contributed by atoms with Gasteiger partial charge in [0.25, 0.3) is 0 Å². The Hall–Kier alpha value is -1.56. The average Bonchev–Trinajstić information content (AvgIpc) is 2.89. The summed E-state index contributed by atoms with van der Waals surface area (Å²) < 4.78 is 43.2. The molecule has 0 N–H and O–H groups in total. The molecule has 1 atom stereocenters. The van der Waals surface area contributed by atoms with Gasteiger partial charge in [0.2, 0.25) is 5.91 Å². The van der Waals surface area contributed by atoms with Crippen LogP contribution in [0.2, 0.25) is 0 Å². The highest BCUT2D eigenvalue weighted by atomic mass is 19.4. The van der Waals surface area contributed by atoms with Crippen molar-refractivity contribution in [3.8, 4) is 0 Å². The molecule has 0 saturated carbocycles. The third-order valence-electron chi connectivity index (χ3n) is 3.13. The number of rotatable bonds is 4. The second-order valence-corrected chi connectivity index (χ2v) is 4.77. The molecule has 6 heteroatoms. The molecular formula is C14H16F3NO2. The van der Waals surface area contributed by atoms with E-state index < -0.39 is 18.6 Å². The molecule has 1 aromatic rings. The molecular weight excluding hydrogens is 271 g/mol. The van der Waals surface area contributed by atoms with Gasteiger partial charge in [-0.25, -0.2) is 0 Å². The van der Waals surface area contributed by atoms with Gasteiger partial charge in [0, 0.05) is 12.3 Å². The lowest BCUT2D eigenvalue weighted by atomic mass is 10.1. The summed E-state index contributed by atoms with van der Waals surface area (Å²) in [5.41, 5.74) is 0.257. The summed E-state index contributed by atoms with van der Waals surface area (Å²) in [7, 11) is 0. The maximum atomic E-state index is 12.6. The Balaban J connectivity index is 2.11. The van der Waals surface area contributed by atoms with Gasteiger partial charge in [-0.3, -0.25) is 4.79 Å². The van der Waals surface area contributed by atoms with Crippen LogP contribution in [0.15, 0.2) is 30.3 Å². The van der Waals surface area contributed by atoms with Crippen LogP contribution in [0.5, 0.6) is 0 Å². The van der Waals surface area contributed by atoms with Crippen molar-refractivity contribution in [2.45, 2.75) is 31.5 Å². The van der Waals surface area contributed by atoms with Crippen LogP contribution in [0.1, 0.15) is 19.3 Å². The summed E-state index contributed by atoms with van der Waals surface area (Å²) in [6, 6.07) is 7.91. The molecule has 110 valence electrons. The fraction of sp³-hybridized carbons (Fsp3) is 0.500. The molecule has 1 saturated heterocycles. The number of ether oxygens (including phenoxy) is 1. The summed E-state index contributed by atoms with van der Waals surface area (Å²) >= 11 is 0. The van der Waals surface area contributed by atoms with E-state index in [4.69, 9.17) is 4.74 Å². The van der Waals surface area contributed by atoms with Crippen LogP contribution in [-0.2, 0) is 9.53 Å². The monoisotopic (exact) mass is 287 g/mol. The highest BCUT2D eigenvalue weighted by Crippen LogP contribution is 2.24. The lowest BCUT2D eigenvalue weighted by Gasteiger charge is -2.25. The van der Waals surface area contributed by atoms with Gasteiger partial charge in [0.05, 0.1) is 12.5 Å². The van der Waals surface area contributed by atoms with E-state index >= 15 is 0 Å². The van der Waals surface area contributed by atoms with E-state index in [2.05, 4.69) is 0 Å². The van der Waals surface area contributed by atoms with Crippen molar-refractivity contribution in [2.24, 2.45) is 0 Å². The lowest BCUT2D eigenvalue weighted by Crippen LogP contribution is -2.40. The van der Waals surface area contributed by atoms with Gasteiger partial charge in [-0.15, -0.1) is 0 Å². The number of alkyl halides is 3. The minimum absolute atomic E-state index is 0.00895. The zero-order valence-electron chi connectivity index (χ0n) is 10.9. The zero-order valence-corrected chi connectivity index (χ0v) is 10.9. The van der Waals surface area contributed by atoms with Crippen LogP contribution in [0.25, 0.3) is 0 Å². The maximum Gasteiger partial charge on any atom is 0.406 e. The number of hydrogen-bond donors (Lipinski definition) is 0. The zero-order chi connectivity index (χ0) is 14.6. The Morgan fingerprint density at radius 1 is 1.30 bits per heavy atom. The first-order chi connectivity index (χ1) is 9.46. The van der Waals surface area contributed by atoms with Crippen LogP contribution in [0, 0.1) is 0 Å². The molecule has 1 fully saturated rings. The van der Waals surface area contributed by atoms with Crippen LogP contribution in [0.3, 0.4) is 0 Å². The van der Waals surface area contributed by atoms with Gasteiger partial charge in [0.15, 0.2) is 0 Å². The molecule has 1 aliphatic heterocycles. The Labute approximate surface area is 115 Å². The Morgan fingerprint density at radius 3 is 2.55 bits per heavy atom. The Morgan fingerprint density at radius 2 is 2.00 bits per heavy atom. The fourth-order valence-electron chi connectivity index (χ4n) is 2.22. The average molecular weight is 287 g/mol. The van der Waals surface area contributed by atoms with Gasteiger partial charge >= 0.3 is 6.18 Å². The number of carbonyl (C=O) groups is 1. The van der Waals surface area contributed by atoms with E-state index in [1.807, 2.05) is 0 Å². The van der Waals surface area contributed by atoms with E-state index in [1.165, 1.54) is 12.1 Å². The van der Waals surface area contributed by atoms with E-state index in [-0.39, 0.29) is 18.2 Å². The number of para-hydroxylation sites is 1. The van der Waals surface area contributed by atoms with Crippen molar-refractivity contribution in [1.29, 1.82) is 0 Å². The molecule has 1 aromatic carbocycles. The topological polar surface area (TPSA) is 29.5 Å². The first kappa shape index (κ1) is 14.8. The summed E-state index contributed by atoms with van der Waals surface area (Å²) in [4.78, 5) is 12.9. The molecule has 1 amide bonds. The van der Waals surface area contributed by atoms with Gasteiger partial charge in [-0.05, 0) is 25.0 Å². The quantitative estimate of drug-likeness (QED) is 0.851. The summed E-state index contributed by atoms with van der Waals surface area (Å²) in [5, 5.41) is 0. The minimum atomic E-state index is -4.43. The predicted molar refractivity (Wildman–Crippen MR) is 68.4 cm³/mol. The molecule has 0 spiro atoms. The standard InChI is InChI=1S/C14H16F3NO2/c15-14(16,17)10-18(11-5-2-1-3-6-11)13(19)9-12-7-4-8-20-12/h1-3,5-6,12H,4,7-10H2/t12-/m0/s1. The molecule has 2 rings (SSSR count). The number of hydrogen-bond acceptors (Lipinski definition) is 2. The number of amides is 1. The molecule has 0 unspecified atom stereocenters.